The van der Waals surface area contributed by atoms with E-state index in [2.05, 4.69) is 4.74 Å². The van der Waals surface area contributed by atoms with Crippen molar-refractivity contribution >= 4 is 32.3 Å². The van der Waals surface area contributed by atoms with Gasteiger partial charge in [-0.05, 0) is 12.1 Å². The van der Waals surface area contributed by atoms with Gasteiger partial charge in [0.25, 0.3) is 5.69 Å². The molecule has 0 aromatic heterocycles. The van der Waals surface area contributed by atoms with E-state index >= 15 is 0 Å². The van der Waals surface area contributed by atoms with Crippen molar-refractivity contribution in [3.63, 3.8) is 0 Å². The second kappa shape index (κ2) is 7.80. The molecule has 0 saturated carbocycles. The number of carbonyl (C=O) groups excluding carboxylic acids is 1. The standard InChI is InChI=1S/C12H12N2O7S2/c1-23(19,20)9-3-4-11(10(7-9)14(16)17)22(18)8-12(15)21-6-2-5-13/h3-4,7H,2,6,8H2,1H3. The first-order chi connectivity index (χ1) is 10.7. The molecule has 1 atom stereocenters. The van der Waals surface area contributed by atoms with Gasteiger partial charge in [0, 0.05) is 12.3 Å². The van der Waals surface area contributed by atoms with Gasteiger partial charge in [0.05, 0.1) is 33.1 Å². The summed E-state index contributed by atoms with van der Waals surface area (Å²) < 4.78 is 39.5. The van der Waals surface area contributed by atoms with E-state index < -0.39 is 43.0 Å². The van der Waals surface area contributed by atoms with Crippen molar-refractivity contribution in [1.29, 1.82) is 5.26 Å². The van der Waals surface area contributed by atoms with Crippen molar-refractivity contribution in [2.75, 3.05) is 18.6 Å². The highest BCUT2D eigenvalue weighted by molar-refractivity contribution is 7.90. The average molecular weight is 360 g/mol. The second-order valence-corrected chi connectivity index (χ2v) is 7.71. The molecule has 124 valence electrons. The van der Waals surface area contributed by atoms with E-state index in [1.165, 1.54) is 0 Å². The normalized spacial score (nSPS) is 12.2. The third-order valence-electron chi connectivity index (χ3n) is 2.53. The van der Waals surface area contributed by atoms with Gasteiger partial charge in [-0.3, -0.25) is 19.1 Å². The SMILES string of the molecule is CS(=O)(=O)c1ccc(S(=O)CC(=O)OCCC#N)c([N+](=O)[O-])c1. The molecule has 0 radical (unpaired) electrons. The minimum absolute atomic E-state index is 0.0262. The highest BCUT2D eigenvalue weighted by Crippen LogP contribution is 2.26. The van der Waals surface area contributed by atoms with Crippen LogP contribution in [0.2, 0.25) is 0 Å². The summed E-state index contributed by atoms with van der Waals surface area (Å²) in [6.07, 6.45) is 0.858. The van der Waals surface area contributed by atoms with Crippen LogP contribution < -0.4 is 0 Å². The molecular formula is C12H12N2O7S2. The van der Waals surface area contributed by atoms with Gasteiger partial charge in [-0.25, -0.2) is 8.42 Å². The first-order valence-corrected chi connectivity index (χ1v) is 9.27. The molecule has 0 bridgehead atoms. The number of rotatable bonds is 7. The lowest BCUT2D eigenvalue weighted by molar-refractivity contribution is -0.388. The zero-order chi connectivity index (χ0) is 17.6. The summed E-state index contributed by atoms with van der Waals surface area (Å²) in [4.78, 5) is 21.0. The molecule has 0 aliphatic heterocycles. The Morgan fingerprint density at radius 1 is 1.48 bits per heavy atom. The zero-order valence-electron chi connectivity index (χ0n) is 11.9. The molecule has 0 spiro atoms. The monoisotopic (exact) mass is 360 g/mol. The van der Waals surface area contributed by atoms with E-state index in [9.17, 15) is 27.5 Å². The van der Waals surface area contributed by atoms with Crippen molar-refractivity contribution in [3.05, 3.63) is 28.3 Å². The number of ether oxygens (including phenoxy) is 1. The molecule has 1 aromatic carbocycles. The predicted molar refractivity (Wildman–Crippen MR) is 78.7 cm³/mol. The van der Waals surface area contributed by atoms with E-state index in [0.717, 1.165) is 24.5 Å². The largest absolute Gasteiger partial charge is 0.464 e. The minimum Gasteiger partial charge on any atom is -0.464 e. The second-order valence-electron chi connectivity index (χ2n) is 4.28. The Balaban J connectivity index is 3.03. The van der Waals surface area contributed by atoms with E-state index in [0.29, 0.717) is 0 Å². The Morgan fingerprint density at radius 3 is 2.65 bits per heavy atom. The van der Waals surface area contributed by atoms with Gasteiger partial charge < -0.3 is 4.74 Å². The smallest absolute Gasteiger partial charge is 0.318 e. The van der Waals surface area contributed by atoms with Crippen LogP contribution in [0.1, 0.15) is 6.42 Å². The molecule has 0 fully saturated rings. The van der Waals surface area contributed by atoms with Gasteiger partial charge in [0.2, 0.25) is 0 Å². The highest BCUT2D eigenvalue weighted by atomic mass is 32.2. The van der Waals surface area contributed by atoms with Crippen LogP contribution in [0.25, 0.3) is 0 Å². The number of nitro groups is 1. The number of benzene rings is 1. The highest BCUT2D eigenvalue weighted by Gasteiger charge is 2.24. The van der Waals surface area contributed by atoms with Crippen LogP contribution in [0, 0.1) is 21.4 Å². The molecule has 0 amide bonds. The Labute approximate surface area is 134 Å². The topological polar surface area (TPSA) is 144 Å². The zero-order valence-corrected chi connectivity index (χ0v) is 13.6. The van der Waals surface area contributed by atoms with Crippen LogP contribution in [-0.4, -0.2) is 42.1 Å². The van der Waals surface area contributed by atoms with Crippen molar-refractivity contribution in [1.82, 2.24) is 0 Å². The Hall–Kier alpha value is -2.32. The summed E-state index contributed by atoms with van der Waals surface area (Å²) in [5.41, 5.74) is -0.656. The molecule has 0 aliphatic carbocycles. The summed E-state index contributed by atoms with van der Waals surface area (Å²) in [6.45, 7) is -0.165. The van der Waals surface area contributed by atoms with Gasteiger partial charge in [-0.15, -0.1) is 0 Å². The molecule has 0 aliphatic rings. The molecule has 23 heavy (non-hydrogen) atoms. The molecular weight excluding hydrogens is 348 g/mol. The maximum Gasteiger partial charge on any atom is 0.318 e. The third kappa shape index (κ3) is 5.42. The number of nitriles is 1. The van der Waals surface area contributed by atoms with Gasteiger partial charge in [-0.1, -0.05) is 0 Å². The molecule has 1 rings (SSSR count). The van der Waals surface area contributed by atoms with Crippen LogP contribution in [0.5, 0.6) is 0 Å². The first kappa shape index (κ1) is 18.7. The van der Waals surface area contributed by atoms with Crippen molar-refractivity contribution in [3.8, 4) is 6.07 Å². The molecule has 1 aromatic rings. The van der Waals surface area contributed by atoms with Crippen LogP contribution in [0.4, 0.5) is 5.69 Å². The summed E-state index contributed by atoms with van der Waals surface area (Å²) in [5, 5.41) is 19.3. The van der Waals surface area contributed by atoms with Crippen LogP contribution in [0.15, 0.2) is 28.0 Å². The molecule has 0 heterocycles. The number of sulfone groups is 1. The lowest BCUT2D eigenvalue weighted by atomic mass is 10.3. The number of hydrogen-bond donors (Lipinski definition) is 0. The lowest BCUT2D eigenvalue weighted by Gasteiger charge is -2.05. The van der Waals surface area contributed by atoms with Gasteiger partial charge in [0.1, 0.15) is 17.3 Å². The van der Waals surface area contributed by atoms with E-state index in [1.807, 2.05) is 0 Å². The summed E-state index contributed by atoms with van der Waals surface area (Å²) >= 11 is 0. The fourth-order valence-electron chi connectivity index (χ4n) is 1.50. The Kier molecular flexibility index (Phi) is 6.35. The minimum atomic E-state index is -3.66. The van der Waals surface area contributed by atoms with Gasteiger partial charge >= 0.3 is 5.97 Å². The summed E-state index contributed by atoms with van der Waals surface area (Å²) in [6, 6.07) is 4.66. The first-order valence-electron chi connectivity index (χ1n) is 6.06. The van der Waals surface area contributed by atoms with E-state index in [1.54, 1.807) is 6.07 Å². The third-order valence-corrected chi connectivity index (χ3v) is 4.97. The van der Waals surface area contributed by atoms with E-state index in [-0.39, 0.29) is 22.8 Å². The Morgan fingerprint density at radius 2 is 2.13 bits per heavy atom. The maximum atomic E-state index is 12.1. The number of carbonyl (C=O) groups is 1. The molecule has 11 heteroatoms. The fraction of sp³-hybridized carbons (Fsp3) is 0.333. The van der Waals surface area contributed by atoms with Crippen LogP contribution in [0.3, 0.4) is 0 Å². The van der Waals surface area contributed by atoms with Crippen molar-refractivity contribution in [2.45, 2.75) is 16.2 Å². The van der Waals surface area contributed by atoms with Crippen molar-refractivity contribution < 1.29 is 27.1 Å². The lowest BCUT2D eigenvalue weighted by Crippen LogP contribution is -2.15. The van der Waals surface area contributed by atoms with E-state index in [4.69, 9.17) is 5.26 Å². The molecule has 0 N–H and O–H groups in total. The maximum absolute atomic E-state index is 12.1. The summed E-state index contributed by atoms with van der Waals surface area (Å²) in [5.74, 6) is -1.51. The Bertz CT molecular complexity index is 796. The van der Waals surface area contributed by atoms with Gasteiger partial charge in [-0.2, -0.15) is 5.26 Å². The van der Waals surface area contributed by atoms with Crippen LogP contribution in [-0.2, 0) is 30.2 Å². The predicted octanol–water partition coefficient (Wildman–Crippen LogP) is 0.563. The van der Waals surface area contributed by atoms with Crippen molar-refractivity contribution in [2.24, 2.45) is 0 Å². The number of nitrogens with zero attached hydrogens (tertiary/aromatic N) is 2. The average Bonchev–Trinajstić information content (AvgIpc) is 2.45. The molecule has 1 unspecified atom stereocenters. The summed E-state index contributed by atoms with van der Waals surface area (Å²) in [7, 11) is -5.74. The fourth-order valence-corrected chi connectivity index (χ4v) is 3.18. The molecule has 0 saturated heterocycles. The van der Waals surface area contributed by atoms with Gasteiger partial charge in [0.15, 0.2) is 9.84 Å². The number of nitro benzene ring substituents is 1. The number of hydrogen-bond acceptors (Lipinski definition) is 8. The molecule has 9 nitrogen and oxygen atoms in total. The quantitative estimate of drug-likeness (QED) is 0.297. The van der Waals surface area contributed by atoms with Crippen LogP contribution >= 0.6 is 0 Å². The number of esters is 1.